The highest BCUT2D eigenvalue weighted by Crippen LogP contribution is 2.18. The molecule has 18 heavy (non-hydrogen) atoms. The van der Waals surface area contributed by atoms with Gasteiger partial charge >= 0.3 is 0 Å². The molecule has 1 N–H and O–H groups in total. The predicted molar refractivity (Wildman–Crippen MR) is 84.5 cm³/mol. The molecule has 102 valence electrons. The first-order valence-electron chi connectivity index (χ1n) is 6.64. The Bertz CT molecular complexity index is 324. The zero-order chi connectivity index (χ0) is 13.4. The fraction of sp³-hybridized carbons (Fsp3) is 0.600. The van der Waals surface area contributed by atoms with Crippen LogP contribution in [0.5, 0.6) is 0 Å². The number of halogens is 1. The zero-order valence-electron chi connectivity index (χ0n) is 11.6. The van der Waals surface area contributed by atoms with Crippen molar-refractivity contribution in [2.75, 3.05) is 13.1 Å². The highest BCUT2D eigenvalue weighted by Gasteiger charge is 2.03. The third kappa shape index (κ3) is 7.30. The lowest BCUT2D eigenvalue weighted by Crippen LogP contribution is -2.24. The Morgan fingerprint density at radius 3 is 2.44 bits per heavy atom. The van der Waals surface area contributed by atoms with E-state index in [4.69, 9.17) is 11.6 Å². The van der Waals surface area contributed by atoms with Crippen molar-refractivity contribution < 1.29 is 0 Å². The van der Waals surface area contributed by atoms with Gasteiger partial charge in [-0.2, -0.15) is 11.8 Å². The van der Waals surface area contributed by atoms with Gasteiger partial charge in [0.15, 0.2) is 0 Å². The first-order chi connectivity index (χ1) is 8.58. The molecule has 1 aromatic carbocycles. The van der Waals surface area contributed by atoms with Crippen LogP contribution in [0.2, 0.25) is 5.02 Å². The van der Waals surface area contributed by atoms with E-state index in [1.165, 1.54) is 12.0 Å². The average Bonchev–Trinajstić information content (AvgIpc) is 2.34. The van der Waals surface area contributed by atoms with Crippen LogP contribution >= 0.6 is 23.4 Å². The fourth-order valence-corrected chi connectivity index (χ4v) is 2.61. The van der Waals surface area contributed by atoms with Crippen LogP contribution in [0.15, 0.2) is 24.3 Å². The van der Waals surface area contributed by atoms with Gasteiger partial charge in [-0.1, -0.05) is 44.5 Å². The van der Waals surface area contributed by atoms with Crippen LogP contribution in [0.4, 0.5) is 0 Å². The lowest BCUT2D eigenvalue weighted by Gasteiger charge is -2.13. The van der Waals surface area contributed by atoms with E-state index < -0.39 is 0 Å². The minimum atomic E-state index is 0.646. The number of rotatable bonds is 8. The van der Waals surface area contributed by atoms with E-state index in [9.17, 15) is 0 Å². The molecule has 0 bridgehead atoms. The van der Waals surface area contributed by atoms with Crippen molar-refractivity contribution in [3.8, 4) is 0 Å². The summed E-state index contributed by atoms with van der Waals surface area (Å²) in [5, 5.41) is 4.98. The van der Waals surface area contributed by atoms with Gasteiger partial charge in [0.25, 0.3) is 0 Å². The lowest BCUT2D eigenvalue weighted by atomic mass is 10.1. The van der Waals surface area contributed by atoms with Crippen molar-refractivity contribution in [3.63, 3.8) is 0 Å². The molecule has 3 heteroatoms. The molecule has 0 fully saturated rings. The smallest absolute Gasteiger partial charge is 0.0406 e. The zero-order valence-corrected chi connectivity index (χ0v) is 13.2. The maximum atomic E-state index is 5.87. The minimum absolute atomic E-state index is 0.646. The summed E-state index contributed by atoms with van der Waals surface area (Å²) in [5.74, 6) is 1.85. The third-order valence-corrected chi connectivity index (χ3v) is 4.27. The van der Waals surface area contributed by atoms with Gasteiger partial charge < -0.3 is 5.32 Å². The highest BCUT2D eigenvalue weighted by molar-refractivity contribution is 7.99. The second-order valence-electron chi connectivity index (χ2n) is 5.13. The number of nitrogens with one attached hydrogen (secondary N) is 1. The molecular formula is C15H24ClNS. The first kappa shape index (κ1) is 15.9. The molecule has 0 spiro atoms. The van der Waals surface area contributed by atoms with Gasteiger partial charge in [0.1, 0.15) is 0 Å². The highest BCUT2D eigenvalue weighted by atomic mass is 35.5. The molecule has 1 atom stereocenters. The van der Waals surface area contributed by atoms with Crippen molar-refractivity contribution >= 4 is 23.4 Å². The van der Waals surface area contributed by atoms with Crippen molar-refractivity contribution in [3.05, 3.63) is 34.9 Å². The monoisotopic (exact) mass is 285 g/mol. The summed E-state index contributed by atoms with van der Waals surface area (Å²) in [5.41, 5.74) is 1.35. The van der Waals surface area contributed by atoms with E-state index >= 15 is 0 Å². The summed E-state index contributed by atoms with van der Waals surface area (Å²) >= 11 is 7.86. The van der Waals surface area contributed by atoms with E-state index in [2.05, 4.69) is 38.2 Å². The van der Waals surface area contributed by atoms with Gasteiger partial charge in [-0.05, 0) is 36.6 Å². The van der Waals surface area contributed by atoms with Crippen molar-refractivity contribution in [2.45, 2.75) is 38.2 Å². The standard InChI is InChI=1S/C15H24ClNS/c1-12(2)8-9-17-10-13(3)18-11-14-4-6-15(16)7-5-14/h4-7,12-13,17H,8-11H2,1-3H3. The summed E-state index contributed by atoms with van der Waals surface area (Å²) in [4.78, 5) is 0. The SMILES string of the molecule is CC(C)CCNCC(C)SCc1ccc(Cl)cc1. The first-order valence-corrected chi connectivity index (χ1v) is 8.07. The molecule has 1 aromatic rings. The predicted octanol–water partition coefficient (Wildman–Crippen LogP) is 4.60. The molecule has 0 aromatic heterocycles. The molecule has 1 rings (SSSR count). The third-order valence-electron chi connectivity index (χ3n) is 2.78. The van der Waals surface area contributed by atoms with Crippen LogP contribution in [0, 0.1) is 5.92 Å². The van der Waals surface area contributed by atoms with Crippen LogP contribution in [0.25, 0.3) is 0 Å². The second kappa shape index (κ2) is 8.84. The average molecular weight is 286 g/mol. The maximum absolute atomic E-state index is 5.87. The molecule has 0 aliphatic heterocycles. The van der Waals surface area contributed by atoms with Gasteiger partial charge in [0.2, 0.25) is 0 Å². The van der Waals surface area contributed by atoms with Crippen molar-refractivity contribution in [1.29, 1.82) is 0 Å². The summed E-state index contributed by atoms with van der Waals surface area (Å²) in [6, 6.07) is 8.13. The number of hydrogen-bond donors (Lipinski definition) is 1. The van der Waals surface area contributed by atoms with Crippen LogP contribution in [0.1, 0.15) is 32.8 Å². The Balaban J connectivity index is 2.13. The molecule has 0 radical (unpaired) electrons. The number of benzene rings is 1. The summed E-state index contributed by atoms with van der Waals surface area (Å²) in [6.45, 7) is 9.03. The molecular weight excluding hydrogens is 262 g/mol. The molecule has 1 nitrogen and oxygen atoms in total. The molecule has 1 unspecified atom stereocenters. The Morgan fingerprint density at radius 1 is 1.17 bits per heavy atom. The summed E-state index contributed by atoms with van der Waals surface area (Å²) in [7, 11) is 0. The Kier molecular flexibility index (Phi) is 7.80. The number of hydrogen-bond acceptors (Lipinski definition) is 2. The maximum Gasteiger partial charge on any atom is 0.0406 e. The van der Waals surface area contributed by atoms with Gasteiger partial charge in [0.05, 0.1) is 0 Å². The van der Waals surface area contributed by atoms with E-state index in [1.807, 2.05) is 23.9 Å². The molecule has 0 heterocycles. The fourth-order valence-electron chi connectivity index (χ4n) is 1.57. The Labute approximate surface area is 121 Å². The van der Waals surface area contributed by atoms with Crippen LogP contribution in [-0.4, -0.2) is 18.3 Å². The summed E-state index contributed by atoms with van der Waals surface area (Å²) < 4.78 is 0. The molecule has 0 aliphatic carbocycles. The Hall–Kier alpha value is -0.180. The van der Waals surface area contributed by atoms with Gasteiger partial charge in [0, 0.05) is 22.6 Å². The van der Waals surface area contributed by atoms with Crippen molar-refractivity contribution in [2.24, 2.45) is 5.92 Å². The summed E-state index contributed by atoms with van der Waals surface area (Å²) in [6.07, 6.45) is 1.26. The lowest BCUT2D eigenvalue weighted by molar-refractivity contribution is 0.539. The quantitative estimate of drug-likeness (QED) is 0.701. The van der Waals surface area contributed by atoms with Gasteiger partial charge in [-0.3, -0.25) is 0 Å². The normalized spacial score (nSPS) is 12.9. The molecule has 0 aliphatic rings. The molecule has 0 amide bonds. The van der Waals surface area contributed by atoms with Gasteiger partial charge in [-0.15, -0.1) is 0 Å². The van der Waals surface area contributed by atoms with Crippen LogP contribution in [0.3, 0.4) is 0 Å². The van der Waals surface area contributed by atoms with Crippen LogP contribution < -0.4 is 5.32 Å². The van der Waals surface area contributed by atoms with Gasteiger partial charge in [-0.25, -0.2) is 0 Å². The molecule has 0 saturated carbocycles. The minimum Gasteiger partial charge on any atom is -0.316 e. The topological polar surface area (TPSA) is 12.0 Å². The van der Waals surface area contributed by atoms with E-state index in [0.717, 1.165) is 29.8 Å². The largest absolute Gasteiger partial charge is 0.316 e. The number of thioether (sulfide) groups is 1. The Morgan fingerprint density at radius 2 is 1.83 bits per heavy atom. The van der Waals surface area contributed by atoms with E-state index in [1.54, 1.807) is 0 Å². The molecule has 0 saturated heterocycles. The van der Waals surface area contributed by atoms with E-state index in [0.29, 0.717) is 5.25 Å². The second-order valence-corrected chi connectivity index (χ2v) is 7.00. The van der Waals surface area contributed by atoms with Crippen LogP contribution in [-0.2, 0) is 5.75 Å². The van der Waals surface area contributed by atoms with E-state index in [-0.39, 0.29) is 0 Å². The van der Waals surface area contributed by atoms with Crippen molar-refractivity contribution in [1.82, 2.24) is 5.32 Å².